The van der Waals surface area contributed by atoms with Crippen LogP contribution in [0.1, 0.15) is 25.3 Å². The number of carboxylic acids is 1. The van der Waals surface area contributed by atoms with Crippen LogP contribution in [0.2, 0.25) is 0 Å². The van der Waals surface area contributed by atoms with Gasteiger partial charge in [-0.1, -0.05) is 30.3 Å². The van der Waals surface area contributed by atoms with Crippen molar-refractivity contribution in [3.8, 4) is 0 Å². The highest BCUT2D eigenvalue weighted by atomic mass is 16.7. The number of carboxylic acid groups (broad SMARTS) is 1. The summed E-state index contributed by atoms with van der Waals surface area (Å²) in [6.07, 6.45) is -0.136. The van der Waals surface area contributed by atoms with E-state index in [4.69, 9.17) is 14.2 Å². The van der Waals surface area contributed by atoms with Gasteiger partial charge in [-0.3, -0.25) is 4.90 Å². The highest BCUT2D eigenvalue weighted by molar-refractivity contribution is 5.84. The first kappa shape index (κ1) is 16.7. The Hall–Kier alpha value is -2.12. The Morgan fingerprint density at radius 2 is 1.92 bits per heavy atom. The zero-order valence-corrected chi connectivity index (χ0v) is 13.6. The van der Waals surface area contributed by atoms with Gasteiger partial charge in [-0.25, -0.2) is 9.59 Å². The van der Waals surface area contributed by atoms with E-state index in [1.165, 1.54) is 11.8 Å². The van der Waals surface area contributed by atoms with Crippen LogP contribution in [0.4, 0.5) is 4.79 Å². The van der Waals surface area contributed by atoms with Crippen LogP contribution in [0.25, 0.3) is 0 Å². The van der Waals surface area contributed by atoms with Gasteiger partial charge in [0.15, 0.2) is 5.79 Å². The molecule has 1 amide bonds. The molecule has 2 aliphatic rings. The molecule has 24 heavy (non-hydrogen) atoms. The Morgan fingerprint density at radius 1 is 1.25 bits per heavy atom. The highest BCUT2D eigenvalue weighted by Crippen LogP contribution is 2.40. The molecule has 2 aliphatic heterocycles. The molecule has 0 aromatic heterocycles. The lowest BCUT2D eigenvalue weighted by Crippen LogP contribution is -2.63. The molecule has 7 heteroatoms. The molecule has 1 aromatic carbocycles. The largest absolute Gasteiger partial charge is 0.480 e. The second-order valence-corrected chi connectivity index (χ2v) is 6.31. The summed E-state index contributed by atoms with van der Waals surface area (Å²) in [7, 11) is 0. The van der Waals surface area contributed by atoms with Crippen molar-refractivity contribution in [3.05, 3.63) is 35.9 Å². The monoisotopic (exact) mass is 335 g/mol. The number of likely N-dealkylation sites (tertiary alicyclic amines) is 1. The number of aliphatic carboxylic acids is 1. The van der Waals surface area contributed by atoms with Gasteiger partial charge in [-0.05, 0) is 12.5 Å². The fraction of sp³-hybridized carbons (Fsp3) is 0.529. The molecule has 0 saturated carbocycles. The van der Waals surface area contributed by atoms with Crippen LogP contribution < -0.4 is 0 Å². The van der Waals surface area contributed by atoms with Gasteiger partial charge >= 0.3 is 12.1 Å². The van der Waals surface area contributed by atoms with Crippen LogP contribution in [0.5, 0.6) is 0 Å². The minimum absolute atomic E-state index is 0.0791. The summed E-state index contributed by atoms with van der Waals surface area (Å²) in [4.78, 5) is 25.6. The molecule has 2 heterocycles. The van der Waals surface area contributed by atoms with Gasteiger partial charge in [0.1, 0.15) is 12.1 Å². The molecular weight excluding hydrogens is 314 g/mol. The van der Waals surface area contributed by atoms with Gasteiger partial charge < -0.3 is 19.3 Å². The third-order valence-corrected chi connectivity index (χ3v) is 4.63. The maximum atomic E-state index is 12.5. The lowest BCUT2D eigenvalue weighted by atomic mass is 9.84. The molecule has 0 bridgehead atoms. The van der Waals surface area contributed by atoms with E-state index in [0.717, 1.165) is 5.56 Å². The standard InChI is InChI=1S/C17H21NO6/c1-16(14(19)20)12-17(23-9-10-24-17)7-8-18(16)15(21)22-11-13-5-3-2-4-6-13/h2-6H,7-12H2,1H3,(H,19,20). The molecule has 1 aromatic rings. The molecular formula is C17H21NO6. The average molecular weight is 335 g/mol. The van der Waals surface area contributed by atoms with Crippen LogP contribution in [-0.2, 0) is 25.6 Å². The fourth-order valence-corrected chi connectivity index (χ4v) is 3.26. The number of nitrogens with zero attached hydrogens (tertiary/aromatic N) is 1. The first-order chi connectivity index (χ1) is 11.5. The van der Waals surface area contributed by atoms with E-state index in [-0.39, 0.29) is 19.6 Å². The van der Waals surface area contributed by atoms with E-state index in [2.05, 4.69) is 0 Å². The van der Waals surface area contributed by atoms with E-state index in [1.54, 1.807) is 0 Å². The van der Waals surface area contributed by atoms with Crippen molar-refractivity contribution in [2.45, 2.75) is 37.7 Å². The normalized spacial score (nSPS) is 25.6. The Labute approximate surface area is 140 Å². The molecule has 1 N–H and O–H groups in total. The van der Waals surface area contributed by atoms with Crippen LogP contribution in [-0.4, -0.2) is 53.2 Å². The van der Waals surface area contributed by atoms with Gasteiger partial charge in [0.25, 0.3) is 0 Å². The number of carbonyl (C=O) groups is 2. The molecule has 7 nitrogen and oxygen atoms in total. The van der Waals surface area contributed by atoms with Crippen molar-refractivity contribution in [3.63, 3.8) is 0 Å². The van der Waals surface area contributed by atoms with Crippen LogP contribution in [0.15, 0.2) is 30.3 Å². The van der Waals surface area contributed by atoms with Gasteiger partial charge in [-0.2, -0.15) is 0 Å². The lowest BCUT2D eigenvalue weighted by Gasteiger charge is -2.47. The average Bonchev–Trinajstić information content (AvgIpc) is 3.01. The summed E-state index contributed by atoms with van der Waals surface area (Å²) in [5, 5.41) is 9.69. The van der Waals surface area contributed by atoms with Crippen molar-refractivity contribution in [1.29, 1.82) is 0 Å². The number of carbonyl (C=O) groups excluding carboxylic acids is 1. The number of rotatable bonds is 3. The van der Waals surface area contributed by atoms with Crippen molar-refractivity contribution < 1.29 is 28.9 Å². The van der Waals surface area contributed by atoms with Crippen LogP contribution in [0, 0.1) is 0 Å². The molecule has 0 aliphatic carbocycles. The summed E-state index contributed by atoms with van der Waals surface area (Å²) >= 11 is 0. The van der Waals surface area contributed by atoms with Gasteiger partial charge in [0, 0.05) is 19.4 Å². The van der Waals surface area contributed by atoms with Crippen LogP contribution in [0.3, 0.4) is 0 Å². The predicted molar refractivity (Wildman–Crippen MR) is 83.2 cm³/mol. The van der Waals surface area contributed by atoms with Gasteiger partial charge in [-0.15, -0.1) is 0 Å². The second kappa shape index (κ2) is 6.41. The predicted octanol–water partition coefficient (Wildman–Crippen LogP) is 2.01. The highest BCUT2D eigenvalue weighted by Gasteiger charge is 2.56. The zero-order chi connectivity index (χ0) is 17.2. The molecule has 1 atom stereocenters. The Morgan fingerprint density at radius 3 is 2.54 bits per heavy atom. The number of benzene rings is 1. The third-order valence-electron chi connectivity index (χ3n) is 4.63. The van der Waals surface area contributed by atoms with E-state index in [9.17, 15) is 14.7 Å². The fourth-order valence-electron chi connectivity index (χ4n) is 3.26. The summed E-state index contributed by atoms with van der Waals surface area (Å²) in [5.41, 5.74) is -0.588. The molecule has 130 valence electrons. The topological polar surface area (TPSA) is 85.3 Å². The number of hydrogen-bond donors (Lipinski definition) is 1. The smallest absolute Gasteiger partial charge is 0.411 e. The molecule has 2 fully saturated rings. The van der Waals surface area contributed by atoms with Gasteiger partial charge in [0.05, 0.1) is 13.2 Å². The molecule has 2 saturated heterocycles. The van der Waals surface area contributed by atoms with Crippen molar-refractivity contribution in [2.75, 3.05) is 19.8 Å². The molecule has 0 radical (unpaired) electrons. The summed E-state index contributed by atoms with van der Waals surface area (Å²) in [6.45, 7) is 2.69. The number of piperidine rings is 1. The van der Waals surface area contributed by atoms with Crippen molar-refractivity contribution in [1.82, 2.24) is 4.90 Å². The van der Waals surface area contributed by atoms with Crippen molar-refractivity contribution in [2.24, 2.45) is 0 Å². The Kier molecular flexibility index (Phi) is 4.47. The second-order valence-electron chi connectivity index (χ2n) is 6.31. The first-order valence-electron chi connectivity index (χ1n) is 7.95. The molecule has 1 unspecified atom stereocenters. The maximum Gasteiger partial charge on any atom is 0.411 e. The van der Waals surface area contributed by atoms with E-state index in [0.29, 0.717) is 19.6 Å². The van der Waals surface area contributed by atoms with Crippen molar-refractivity contribution >= 4 is 12.1 Å². The Bertz CT molecular complexity index is 613. The third kappa shape index (κ3) is 3.09. The zero-order valence-electron chi connectivity index (χ0n) is 13.6. The van der Waals surface area contributed by atoms with E-state index < -0.39 is 23.4 Å². The summed E-state index contributed by atoms with van der Waals surface area (Å²) in [5.74, 6) is -2.01. The number of amides is 1. The van der Waals surface area contributed by atoms with E-state index in [1.807, 2.05) is 30.3 Å². The number of ether oxygens (including phenoxy) is 3. The minimum Gasteiger partial charge on any atom is -0.480 e. The molecule has 1 spiro atoms. The molecule has 3 rings (SSSR count). The van der Waals surface area contributed by atoms with Gasteiger partial charge in [0.2, 0.25) is 0 Å². The maximum absolute atomic E-state index is 12.5. The number of hydrogen-bond acceptors (Lipinski definition) is 5. The SMILES string of the molecule is CC1(C(=O)O)CC2(CCN1C(=O)OCc1ccccc1)OCCO2. The summed E-state index contributed by atoms with van der Waals surface area (Å²) in [6, 6.07) is 9.26. The quantitative estimate of drug-likeness (QED) is 0.909. The van der Waals surface area contributed by atoms with E-state index >= 15 is 0 Å². The van der Waals surface area contributed by atoms with Crippen LogP contribution >= 0.6 is 0 Å². The lowest BCUT2D eigenvalue weighted by molar-refractivity contribution is -0.213. The minimum atomic E-state index is -1.43. The summed E-state index contributed by atoms with van der Waals surface area (Å²) < 4.78 is 16.5. The first-order valence-corrected chi connectivity index (χ1v) is 7.95. The Balaban J connectivity index is 1.71.